The SMILES string of the molecule is COC(=O)CCC(CP(=O)(CCC(=O)O)OC)C(=O)OC. The molecule has 0 fully saturated rings. The Labute approximate surface area is 123 Å². The lowest BCUT2D eigenvalue weighted by Crippen LogP contribution is -2.23. The van der Waals surface area contributed by atoms with Crippen LogP contribution in [0.3, 0.4) is 0 Å². The second-order valence-corrected chi connectivity index (χ2v) is 7.19. The Hall–Kier alpha value is -1.40. The normalized spacial score (nSPS) is 14.8. The molecule has 0 bridgehead atoms. The van der Waals surface area contributed by atoms with Gasteiger partial charge in [-0.15, -0.1) is 0 Å². The van der Waals surface area contributed by atoms with Crippen LogP contribution in [0.2, 0.25) is 0 Å². The van der Waals surface area contributed by atoms with Gasteiger partial charge in [-0.2, -0.15) is 0 Å². The van der Waals surface area contributed by atoms with Gasteiger partial charge in [-0.25, -0.2) is 0 Å². The molecule has 0 amide bonds. The van der Waals surface area contributed by atoms with E-state index in [0.29, 0.717) is 0 Å². The van der Waals surface area contributed by atoms with E-state index in [1.807, 2.05) is 0 Å². The van der Waals surface area contributed by atoms with Gasteiger partial charge in [0, 0.05) is 25.9 Å². The van der Waals surface area contributed by atoms with Crippen LogP contribution in [-0.2, 0) is 32.9 Å². The van der Waals surface area contributed by atoms with Gasteiger partial charge in [0.1, 0.15) is 0 Å². The highest BCUT2D eigenvalue weighted by Crippen LogP contribution is 2.49. The van der Waals surface area contributed by atoms with E-state index in [1.54, 1.807) is 0 Å². The lowest BCUT2D eigenvalue weighted by atomic mass is 10.1. The van der Waals surface area contributed by atoms with Gasteiger partial charge in [0.25, 0.3) is 0 Å². The van der Waals surface area contributed by atoms with Crippen molar-refractivity contribution in [3.05, 3.63) is 0 Å². The maximum atomic E-state index is 12.4. The number of hydrogen-bond donors (Lipinski definition) is 1. The maximum Gasteiger partial charge on any atom is 0.309 e. The molecule has 0 saturated heterocycles. The van der Waals surface area contributed by atoms with Gasteiger partial charge in [0.05, 0.1) is 26.6 Å². The molecule has 0 saturated carbocycles. The molecular formula is C12H21O8P. The summed E-state index contributed by atoms with van der Waals surface area (Å²) in [5.41, 5.74) is 0. The van der Waals surface area contributed by atoms with E-state index in [9.17, 15) is 18.9 Å². The lowest BCUT2D eigenvalue weighted by Gasteiger charge is -2.20. The first kappa shape index (κ1) is 19.6. The van der Waals surface area contributed by atoms with Crippen molar-refractivity contribution in [3.63, 3.8) is 0 Å². The molecule has 0 spiro atoms. The van der Waals surface area contributed by atoms with E-state index in [-0.39, 0.29) is 31.6 Å². The molecule has 0 aliphatic heterocycles. The molecule has 0 aromatic heterocycles. The van der Waals surface area contributed by atoms with E-state index in [1.165, 1.54) is 21.3 Å². The summed E-state index contributed by atoms with van der Waals surface area (Å²) < 4.78 is 26.4. The summed E-state index contributed by atoms with van der Waals surface area (Å²) in [7, 11) is 0.334. The third kappa shape index (κ3) is 7.82. The first-order valence-electron chi connectivity index (χ1n) is 6.28. The molecule has 21 heavy (non-hydrogen) atoms. The molecule has 122 valence electrons. The van der Waals surface area contributed by atoms with Gasteiger partial charge in [0.2, 0.25) is 7.37 Å². The zero-order valence-electron chi connectivity index (χ0n) is 12.4. The van der Waals surface area contributed by atoms with Crippen molar-refractivity contribution in [1.82, 2.24) is 0 Å². The third-order valence-corrected chi connectivity index (χ3v) is 5.52. The monoisotopic (exact) mass is 324 g/mol. The molecule has 0 radical (unpaired) electrons. The van der Waals surface area contributed by atoms with E-state index >= 15 is 0 Å². The predicted molar refractivity (Wildman–Crippen MR) is 73.4 cm³/mol. The molecule has 8 nitrogen and oxygen atoms in total. The Morgan fingerprint density at radius 3 is 2.14 bits per heavy atom. The highest BCUT2D eigenvalue weighted by atomic mass is 31.2. The van der Waals surface area contributed by atoms with Crippen LogP contribution < -0.4 is 0 Å². The summed E-state index contributed by atoms with van der Waals surface area (Å²) in [5, 5.41) is 8.64. The molecule has 0 aliphatic rings. The molecule has 0 aromatic carbocycles. The standard InChI is InChI=1S/C12H21O8P/c1-18-11(15)5-4-9(12(16)19-2)8-21(17,20-3)7-6-10(13)14/h9H,4-8H2,1-3H3,(H,13,14). The van der Waals surface area contributed by atoms with E-state index in [0.717, 1.165) is 0 Å². The molecule has 0 aliphatic carbocycles. The predicted octanol–water partition coefficient (Wildman–Crippen LogP) is 1.13. The van der Waals surface area contributed by atoms with Gasteiger partial charge in [0.15, 0.2) is 0 Å². The largest absolute Gasteiger partial charge is 0.481 e. The van der Waals surface area contributed by atoms with Gasteiger partial charge >= 0.3 is 17.9 Å². The van der Waals surface area contributed by atoms with E-state index in [4.69, 9.17) is 9.63 Å². The second-order valence-electron chi connectivity index (χ2n) is 4.38. The Morgan fingerprint density at radius 1 is 1.10 bits per heavy atom. The number of esters is 2. The topological polar surface area (TPSA) is 116 Å². The summed E-state index contributed by atoms with van der Waals surface area (Å²) >= 11 is 0. The molecule has 2 unspecified atom stereocenters. The highest BCUT2D eigenvalue weighted by Gasteiger charge is 2.32. The first-order chi connectivity index (χ1) is 9.77. The van der Waals surface area contributed by atoms with Crippen LogP contribution in [0.1, 0.15) is 19.3 Å². The zero-order valence-corrected chi connectivity index (χ0v) is 13.3. The minimum Gasteiger partial charge on any atom is -0.481 e. The second kappa shape index (κ2) is 9.52. The van der Waals surface area contributed by atoms with E-state index in [2.05, 4.69) is 9.47 Å². The number of ether oxygens (including phenoxy) is 2. The van der Waals surface area contributed by atoms with Crippen molar-refractivity contribution in [1.29, 1.82) is 0 Å². The van der Waals surface area contributed by atoms with Gasteiger partial charge in [-0.05, 0) is 6.42 Å². The number of carbonyl (C=O) groups excluding carboxylic acids is 2. The summed E-state index contributed by atoms with van der Waals surface area (Å²) in [6, 6.07) is 0. The fourth-order valence-corrected chi connectivity index (χ4v) is 3.75. The molecule has 0 aromatic rings. The molecule has 2 atom stereocenters. The quantitative estimate of drug-likeness (QED) is 0.469. The van der Waals surface area contributed by atoms with Crippen LogP contribution >= 0.6 is 7.37 Å². The Kier molecular flexibility index (Phi) is 8.89. The van der Waals surface area contributed by atoms with Crippen molar-refractivity contribution >= 4 is 25.3 Å². The smallest absolute Gasteiger partial charge is 0.309 e. The lowest BCUT2D eigenvalue weighted by molar-refractivity contribution is -0.146. The van der Waals surface area contributed by atoms with Crippen LogP contribution in [-0.4, -0.2) is 56.7 Å². The highest BCUT2D eigenvalue weighted by molar-refractivity contribution is 7.59. The summed E-state index contributed by atoms with van der Waals surface area (Å²) in [5.74, 6) is -3.03. The van der Waals surface area contributed by atoms with Gasteiger partial charge in [-0.3, -0.25) is 18.9 Å². The fourth-order valence-electron chi connectivity index (χ4n) is 1.70. The number of carboxylic acids is 1. The van der Waals surface area contributed by atoms with Crippen LogP contribution in [0.25, 0.3) is 0 Å². The molecule has 0 heterocycles. The minimum atomic E-state index is -3.28. The molecule has 0 rings (SSSR count). The van der Waals surface area contributed by atoms with Crippen LogP contribution in [0, 0.1) is 5.92 Å². The molecular weight excluding hydrogens is 303 g/mol. The number of carbonyl (C=O) groups is 3. The zero-order chi connectivity index (χ0) is 16.5. The average molecular weight is 324 g/mol. The van der Waals surface area contributed by atoms with Crippen molar-refractivity contribution in [2.24, 2.45) is 5.92 Å². The number of carboxylic acid groups (broad SMARTS) is 1. The van der Waals surface area contributed by atoms with Crippen molar-refractivity contribution in [3.8, 4) is 0 Å². The van der Waals surface area contributed by atoms with Crippen molar-refractivity contribution in [2.45, 2.75) is 19.3 Å². The Balaban J connectivity index is 4.82. The van der Waals surface area contributed by atoms with Gasteiger partial charge < -0.3 is 19.1 Å². The van der Waals surface area contributed by atoms with Gasteiger partial charge in [-0.1, -0.05) is 0 Å². The minimum absolute atomic E-state index is 0.0289. The molecule has 1 N–H and O–H groups in total. The number of hydrogen-bond acceptors (Lipinski definition) is 7. The average Bonchev–Trinajstić information content (AvgIpc) is 2.48. The van der Waals surface area contributed by atoms with Crippen LogP contribution in [0.15, 0.2) is 0 Å². The first-order valence-corrected chi connectivity index (χ1v) is 8.27. The fraction of sp³-hybridized carbons (Fsp3) is 0.750. The number of rotatable bonds is 10. The van der Waals surface area contributed by atoms with Crippen molar-refractivity contribution < 1.29 is 38.1 Å². The summed E-state index contributed by atoms with van der Waals surface area (Å²) in [6.07, 6.45) is -0.598. The maximum absolute atomic E-state index is 12.4. The number of methoxy groups -OCH3 is 2. The van der Waals surface area contributed by atoms with E-state index < -0.39 is 31.2 Å². The Morgan fingerprint density at radius 2 is 1.71 bits per heavy atom. The summed E-state index contributed by atoms with van der Waals surface area (Å²) in [4.78, 5) is 33.4. The molecule has 9 heteroatoms. The third-order valence-electron chi connectivity index (χ3n) is 2.96. The van der Waals surface area contributed by atoms with Crippen LogP contribution in [0.4, 0.5) is 0 Å². The van der Waals surface area contributed by atoms with Crippen molar-refractivity contribution in [2.75, 3.05) is 33.7 Å². The summed E-state index contributed by atoms with van der Waals surface area (Å²) in [6.45, 7) is 0. The Bertz CT molecular complexity index is 419. The van der Waals surface area contributed by atoms with Crippen LogP contribution in [0.5, 0.6) is 0 Å². The number of aliphatic carboxylic acids is 1.